The lowest BCUT2D eigenvalue weighted by Crippen LogP contribution is -2.11. The predicted molar refractivity (Wildman–Crippen MR) is 65.3 cm³/mol. The van der Waals surface area contributed by atoms with Crippen LogP contribution in [-0.4, -0.2) is 24.4 Å². The molecule has 5 nitrogen and oxygen atoms in total. The van der Waals surface area contributed by atoms with Crippen molar-refractivity contribution in [2.45, 2.75) is 38.9 Å². The molecule has 0 unspecified atom stereocenters. The SMILES string of the molecule is CC=CCS(=O)(=O)Cc1nnc(C(C)(C)C)o1. The van der Waals surface area contributed by atoms with Crippen molar-refractivity contribution in [2.24, 2.45) is 0 Å². The fourth-order valence-electron chi connectivity index (χ4n) is 1.10. The molecule has 1 aromatic heterocycles. The Morgan fingerprint density at radius 2 is 1.94 bits per heavy atom. The van der Waals surface area contributed by atoms with Gasteiger partial charge in [-0.2, -0.15) is 0 Å². The predicted octanol–water partition coefficient (Wildman–Crippen LogP) is 1.86. The highest BCUT2D eigenvalue weighted by Gasteiger charge is 2.23. The molecule has 0 N–H and O–H groups in total. The van der Waals surface area contributed by atoms with Crippen LogP contribution in [0.5, 0.6) is 0 Å². The Morgan fingerprint density at radius 1 is 1.29 bits per heavy atom. The van der Waals surface area contributed by atoms with Gasteiger partial charge in [0.2, 0.25) is 11.8 Å². The van der Waals surface area contributed by atoms with Crippen LogP contribution in [0.1, 0.15) is 39.5 Å². The standard InChI is InChI=1S/C11H18N2O3S/c1-5-6-7-17(14,15)8-9-12-13-10(16-9)11(2,3)4/h5-6H,7-8H2,1-4H3. The lowest BCUT2D eigenvalue weighted by Gasteiger charge is -2.10. The van der Waals surface area contributed by atoms with Crippen LogP contribution in [0.3, 0.4) is 0 Å². The number of sulfone groups is 1. The van der Waals surface area contributed by atoms with Crippen LogP contribution in [0, 0.1) is 0 Å². The first-order valence-corrected chi connectivity index (χ1v) is 7.21. The third kappa shape index (κ3) is 4.30. The minimum atomic E-state index is -3.21. The van der Waals surface area contributed by atoms with Crippen molar-refractivity contribution in [3.8, 4) is 0 Å². The molecule has 1 aromatic rings. The molecule has 1 heterocycles. The van der Waals surface area contributed by atoms with Crippen LogP contribution in [0.15, 0.2) is 16.6 Å². The Balaban J connectivity index is 2.80. The molecule has 0 atom stereocenters. The van der Waals surface area contributed by atoms with E-state index in [1.807, 2.05) is 20.8 Å². The molecular formula is C11H18N2O3S. The molecule has 6 heteroatoms. The second kappa shape index (κ2) is 5.00. The average Bonchev–Trinajstić information content (AvgIpc) is 2.62. The Kier molecular flexibility index (Phi) is 4.08. The van der Waals surface area contributed by atoms with Crippen LogP contribution >= 0.6 is 0 Å². The fraction of sp³-hybridized carbons (Fsp3) is 0.636. The van der Waals surface area contributed by atoms with Crippen molar-refractivity contribution in [1.82, 2.24) is 10.2 Å². The van der Waals surface area contributed by atoms with E-state index in [2.05, 4.69) is 10.2 Å². The normalized spacial score (nSPS) is 13.4. The number of rotatable bonds is 4. The van der Waals surface area contributed by atoms with Gasteiger partial charge in [-0.3, -0.25) is 0 Å². The minimum Gasteiger partial charge on any atom is -0.424 e. The highest BCUT2D eigenvalue weighted by atomic mass is 32.2. The maximum absolute atomic E-state index is 11.6. The van der Waals surface area contributed by atoms with Crippen LogP contribution in [0.4, 0.5) is 0 Å². The molecule has 0 aliphatic heterocycles. The molecule has 17 heavy (non-hydrogen) atoms. The van der Waals surface area contributed by atoms with E-state index in [0.29, 0.717) is 5.89 Å². The lowest BCUT2D eigenvalue weighted by atomic mass is 9.97. The van der Waals surface area contributed by atoms with E-state index < -0.39 is 9.84 Å². The van der Waals surface area contributed by atoms with E-state index in [9.17, 15) is 8.42 Å². The minimum absolute atomic E-state index is 0.00324. The Labute approximate surface area is 102 Å². The number of allylic oxidation sites excluding steroid dienone is 1. The Hall–Kier alpha value is -1.17. The first-order chi connectivity index (χ1) is 7.74. The number of nitrogens with zero attached hydrogens (tertiary/aromatic N) is 2. The van der Waals surface area contributed by atoms with Crippen LogP contribution in [0.2, 0.25) is 0 Å². The first kappa shape index (κ1) is 13.9. The molecule has 0 aliphatic rings. The molecule has 0 aliphatic carbocycles. The molecule has 1 rings (SSSR count). The maximum atomic E-state index is 11.6. The molecule has 0 fully saturated rings. The zero-order chi connectivity index (χ0) is 13.1. The van der Waals surface area contributed by atoms with E-state index in [0.717, 1.165) is 0 Å². The fourth-order valence-corrected chi connectivity index (χ4v) is 2.20. The zero-order valence-corrected chi connectivity index (χ0v) is 11.4. The van der Waals surface area contributed by atoms with Crippen molar-refractivity contribution < 1.29 is 12.8 Å². The maximum Gasteiger partial charge on any atom is 0.231 e. The summed E-state index contributed by atoms with van der Waals surface area (Å²) in [6.07, 6.45) is 3.29. The Bertz CT molecular complexity index is 495. The van der Waals surface area contributed by atoms with Gasteiger partial charge in [-0.25, -0.2) is 8.42 Å². The second-order valence-corrected chi connectivity index (χ2v) is 6.98. The van der Waals surface area contributed by atoms with E-state index in [4.69, 9.17) is 4.42 Å². The molecule has 0 saturated heterocycles. The van der Waals surface area contributed by atoms with Gasteiger partial charge in [-0.05, 0) is 6.92 Å². The third-order valence-corrected chi connectivity index (χ3v) is 3.42. The van der Waals surface area contributed by atoms with Crippen molar-refractivity contribution in [2.75, 3.05) is 5.75 Å². The van der Waals surface area contributed by atoms with Crippen molar-refractivity contribution in [3.63, 3.8) is 0 Å². The van der Waals surface area contributed by atoms with E-state index >= 15 is 0 Å². The first-order valence-electron chi connectivity index (χ1n) is 5.39. The van der Waals surface area contributed by atoms with Gasteiger partial charge in [0.05, 0.1) is 5.75 Å². The van der Waals surface area contributed by atoms with Crippen molar-refractivity contribution in [1.29, 1.82) is 0 Å². The number of hydrogen-bond acceptors (Lipinski definition) is 5. The zero-order valence-electron chi connectivity index (χ0n) is 10.6. The summed E-state index contributed by atoms with van der Waals surface area (Å²) in [5.41, 5.74) is -0.266. The van der Waals surface area contributed by atoms with Crippen molar-refractivity contribution >= 4 is 9.84 Å². The molecule has 0 bridgehead atoms. The molecule has 0 spiro atoms. The van der Waals surface area contributed by atoms with Crippen LogP contribution in [0.25, 0.3) is 0 Å². The summed E-state index contributed by atoms with van der Waals surface area (Å²) in [6.45, 7) is 7.57. The molecule has 0 aromatic carbocycles. The van der Waals surface area contributed by atoms with Gasteiger partial charge in [0.1, 0.15) is 5.75 Å². The van der Waals surface area contributed by atoms with Crippen molar-refractivity contribution in [3.05, 3.63) is 23.9 Å². The van der Waals surface area contributed by atoms with E-state index in [1.165, 1.54) is 0 Å². The second-order valence-electron chi connectivity index (χ2n) is 4.87. The monoisotopic (exact) mass is 258 g/mol. The smallest absolute Gasteiger partial charge is 0.231 e. The van der Waals surface area contributed by atoms with Crippen LogP contribution in [-0.2, 0) is 21.0 Å². The summed E-state index contributed by atoms with van der Waals surface area (Å²) in [7, 11) is -3.21. The van der Waals surface area contributed by atoms with E-state index in [-0.39, 0.29) is 22.8 Å². The average molecular weight is 258 g/mol. The van der Waals surface area contributed by atoms with E-state index in [1.54, 1.807) is 19.1 Å². The lowest BCUT2D eigenvalue weighted by molar-refractivity contribution is 0.377. The quantitative estimate of drug-likeness (QED) is 0.771. The van der Waals surface area contributed by atoms with Gasteiger partial charge in [0.15, 0.2) is 9.84 Å². The van der Waals surface area contributed by atoms with Gasteiger partial charge in [-0.1, -0.05) is 32.9 Å². The molecule has 0 radical (unpaired) electrons. The summed E-state index contributed by atoms with van der Waals surface area (Å²) in [4.78, 5) is 0. The van der Waals surface area contributed by atoms with Gasteiger partial charge < -0.3 is 4.42 Å². The molecular weight excluding hydrogens is 240 g/mol. The third-order valence-electron chi connectivity index (χ3n) is 2.04. The van der Waals surface area contributed by atoms with Gasteiger partial charge in [0, 0.05) is 5.41 Å². The van der Waals surface area contributed by atoms with Gasteiger partial charge in [-0.15, -0.1) is 10.2 Å². The Morgan fingerprint density at radius 3 is 2.41 bits per heavy atom. The summed E-state index contributed by atoms with van der Waals surface area (Å²) < 4.78 is 28.6. The van der Waals surface area contributed by atoms with Gasteiger partial charge in [0.25, 0.3) is 0 Å². The number of hydrogen-bond donors (Lipinski definition) is 0. The molecule has 96 valence electrons. The number of aromatic nitrogens is 2. The van der Waals surface area contributed by atoms with Crippen LogP contribution < -0.4 is 0 Å². The molecule has 0 amide bonds. The molecule has 0 saturated carbocycles. The largest absolute Gasteiger partial charge is 0.424 e. The highest BCUT2D eigenvalue weighted by Crippen LogP contribution is 2.20. The summed E-state index contributed by atoms with van der Waals surface area (Å²) in [5, 5.41) is 7.61. The van der Waals surface area contributed by atoms with Gasteiger partial charge >= 0.3 is 0 Å². The summed E-state index contributed by atoms with van der Waals surface area (Å²) in [6, 6.07) is 0. The summed E-state index contributed by atoms with van der Waals surface area (Å²) >= 11 is 0. The summed E-state index contributed by atoms with van der Waals surface area (Å²) in [5.74, 6) is 0.394. The topological polar surface area (TPSA) is 73.1 Å². The highest BCUT2D eigenvalue weighted by molar-refractivity contribution is 7.90.